The van der Waals surface area contributed by atoms with Crippen molar-refractivity contribution in [2.24, 2.45) is 50.7 Å². The number of benzene rings is 1. The van der Waals surface area contributed by atoms with Crippen LogP contribution in [0.5, 0.6) is 0 Å². The van der Waals surface area contributed by atoms with E-state index in [1.807, 2.05) is 19.9 Å². The molecule has 0 radical (unpaired) electrons. The van der Waals surface area contributed by atoms with E-state index >= 15 is 4.39 Å². The van der Waals surface area contributed by atoms with E-state index < -0.39 is 0 Å². The average molecular weight is 535 g/mol. The van der Waals surface area contributed by atoms with Crippen molar-refractivity contribution in [3.05, 3.63) is 53.9 Å². The number of aliphatic hydroxyl groups is 1. The Kier molecular flexibility index (Phi) is 7.35. The van der Waals surface area contributed by atoms with E-state index in [2.05, 4.69) is 53.3 Å². The fraction of sp³-hybridized carbons (Fsp3) is 0.730. The predicted octanol–water partition coefficient (Wildman–Crippen LogP) is 10.2. The largest absolute Gasteiger partial charge is 0.396 e. The van der Waals surface area contributed by atoms with Crippen molar-refractivity contribution in [2.75, 3.05) is 6.61 Å². The second-order valence-corrected chi connectivity index (χ2v) is 15.6. The molecule has 7 unspecified atom stereocenters. The standard InChI is InChI=1S/C34H49FO.C3H6/c1-22-9-10-23(27(35)20-22)24-13-16-31(4)28(30(24,2)3)14-17-33(6)29(31)12-11-25-26-8-7-15-34(26,21-36)19-18-32(25,33)5;1-3-2/h9-10,13,20,25-26,28-29,36H,7-8,11-12,14-19,21H2,1-6H3;3H,1H2,2H3/t25?,26?,28?,29?,31?,32-,33?,34?;/m1./s1. The Labute approximate surface area is 238 Å². The lowest BCUT2D eigenvalue weighted by molar-refractivity contribution is -0.225. The van der Waals surface area contributed by atoms with E-state index in [1.165, 1.54) is 63.4 Å². The molecule has 0 aromatic heterocycles. The van der Waals surface area contributed by atoms with E-state index in [0.717, 1.165) is 29.4 Å². The predicted molar refractivity (Wildman–Crippen MR) is 163 cm³/mol. The van der Waals surface area contributed by atoms with E-state index in [-0.39, 0.29) is 22.1 Å². The molecule has 216 valence electrons. The fourth-order valence-electron chi connectivity index (χ4n) is 11.9. The van der Waals surface area contributed by atoms with Crippen LogP contribution in [-0.2, 0) is 0 Å². The molecule has 5 aliphatic rings. The van der Waals surface area contributed by atoms with Crippen molar-refractivity contribution in [3.8, 4) is 0 Å². The molecule has 6 rings (SSSR count). The summed E-state index contributed by atoms with van der Waals surface area (Å²) in [6, 6.07) is 5.80. The van der Waals surface area contributed by atoms with Crippen molar-refractivity contribution in [3.63, 3.8) is 0 Å². The zero-order valence-corrected chi connectivity index (χ0v) is 26.0. The highest BCUT2D eigenvalue weighted by molar-refractivity contribution is 5.72. The number of halogens is 1. The maximum atomic E-state index is 15.2. The first kappa shape index (κ1) is 29.1. The monoisotopic (exact) mass is 534 g/mol. The topological polar surface area (TPSA) is 20.2 Å². The Morgan fingerprint density at radius 1 is 0.923 bits per heavy atom. The van der Waals surface area contributed by atoms with E-state index in [9.17, 15) is 5.11 Å². The summed E-state index contributed by atoms with van der Waals surface area (Å²) in [5.74, 6) is 2.73. The van der Waals surface area contributed by atoms with Gasteiger partial charge in [0, 0.05) is 12.2 Å². The first-order chi connectivity index (χ1) is 18.3. The lowest BCUT2D eigenvalue weighted by Crippen LogP contribution is -2.65. The van der Waals surface area contributed by atoms with Crippen LogP contribution in [0.4, 0.5) is 4.39 Å². The van der Waals surface area contributed by atoms with Crippen molar-refractivity contribution in [2.45, 2.75) is 113 Å². The van der Waals surface area contributed by atoms with Crippen molar-refractivity contribution >= 4 is 5.57 Å². The van der Waals surface area contributed by atoms with Gasteiger partial charge in [0.05, 0.1) is 0 Å². The third-order valence-electron chi connectivity index (χ3n) is 13.8. The van der Waals surface area contributed by atoms with Gasteiger partial charge in [-0.3, -0.25) is 0 Å². The number of hydrogen-bond donors (Lipinski definition) is 1. The summed E-state index contributed by atoms with van der Waals surface area (Å²) in [4.78, 5) is 0. The maximum Gasteiger partial charge on any atom is 0.130 e. The van der Waals surface area contributed by atoms with Gasteiger partial charge in [0.25, 0.3) is 0 Å². The summed E-state index contributed by atoms with van der Waals surface area (Å²) in [6.45, 7) is 20.4. The minimum absolute atomic E-state index is 0.0355. The molecule has 4 saturated carbocycles. The number of hydrogen-bond acceptors (Lipinski definition) is 1. The van der Waals surface area contributed by atoms with Gasteiger partial charge in [-0.15, -0.1) is 6.58 Å². The molecule has 2 heteroatoms. The highest BCUT2D eigenvalue weighted by Gasteiger charge is 2.69. The van der Waals surface area contributed by atoms with Crippen LogP contribution < -0.4 is 0 Å². The Bertz CT molecular complexity index is 1130. The minimum Gasteiger partial charge on any atom is -0.396 e. The summed E-state index contributed by atoms with van der Waals surface area (Å²) >= 11 is 0. The molecule has 39 heavy (non-hydrogen) atoms. The van der Waals surface area contributed by atoms with Crippen LogP contribution >= 0.6 is 0 Å². The molecule has 5 aliphatic carbocycles. The molecule has 0 aliphatic heterocycles. The molecule has 0 spiro atoms. The Balaban J connectivity index is 0.000000983. The summed E-state index contributed by atoms with van der Waals surface area (Å²) in [5, 5.41) is 10.5. The second-order valence-electron chi connectivity index (χ2n) is 15.6. The van der Waals surface area contributed by atoms with Gasteiger partial charge < -0.3 is 5.11 Å². The van der Waals surface area contributed by atoms with Gasteiger partial charge in [0.15, 0.2) is 0 Å². The van der Waals surface area contributed by atoms with Crippen LogP contribution in [-0.4, -0.2) is 11.7 Å². The highest BCUT2D eigenvalue weighted by Crippen LogP contribution is 2.77. The first-order valence-corrected chi connectivity index (χ1v) is 16.0. The summed E-state index contributed by atoms with van der Waals surface area (Å²) in [6.07, 6.45) is 16.9. The average Bonchev–Trinajstić information content (AvgIpc) is 3.30. The zero-order valence-electron chi connectivity index (χ0n) is 26.0. The normalized spacial score (nSPS) is 44.0. The van der Waals surface area contributed by atoms with Gasteiger partial charge in [0.1, 0.15) is 5.82 Å². The van der Waals surface area contributed by atoms with E-state index in [4.69, 9.17) is 0 Å². The molecule has 1 N–H and O–H groups in total. The van der Waals surface area contributed by atoms with Gasteiger partial charge in [-0.2, -0.15) is 0 Å². The van der Waals surface area contributed by atoms with Crippen molar-refractivity contribution in [1.82, 2.24) is 0 Å². The summed E-state index contributed by atoms with van der Waals surface area (Å²) in [5.41, 5.74) is 4.22. The van der Waals surface area contributed by atoms with Gasteiger partial charge in [0.2, 0.25) is 0 Å². The first-order valence-electron chi connectivity index (χ1n) is 16.0. The number of aliphatic hydroxyl groups excluding tert-OH is 1. The lowest BCUT2D eigenvalue weighted by atomic mass is 9.33. The third kappa shape index (κ3) is 4.00. The molecule has 0 amide bonds. The van der Waals surface area contributed by atoms with Crippen LogP contribution in [0.2, 0.25) is 0 Å². The number of rotatable bonds is 2. The van der Waals surface area contributed by atoms with Gasteiger partial charge >= 0.3 is 0 Å². The third-order valence-corrected chi connectivity index (χ3v) is 13.8. The van der Waals surface area contributed by atoms with Crippen LogP contribution in [0.1, 0.15) is 117 Å². The van der Waals surface area contributed by atoms with Gasteiger partial charge in [-0.25, -0.2) is 4.39 Å². The molecule has 1 aromatic rings. The molecular weight excluding hydrogens is 479 g/mol. The highest BCUT2D eigenvalue weighted by atomic mass is 19.1. The molecule has 8 atom stereocenters. The molecule has 1 aromatic carbocycles. The lowest BCUT2D eigenvalue weighted by Gasteiger charge is -2.72. The number of aryl methyl sites for hydroxylation is 1. The second kappa shape index (κ2) is 9.85. The SMILES string of the molecule is C=CC.Cc1ccc(C2=CCC3(C)C(CCC4(C)C3CCC3C5CCCC5(CO)CC[C@]34C)C2(C)C)c(F)c1. The Hall–Kier alpha value is -1.41. The molecule has 0 bridgehead atoms. The Morgan fingerprint density at radius 3 is 2.31 bits per heavy atom. The van der Waals surface area contributed by atoms with E-state index in [1.54, 1.807) is 12.1 Å². The van der Waals surface area contributed by atoms with E-state index in [0.29, 0.717) is 29.3 Å². The molecule has 1 nitrogen and oxygen atoms in total. The number of allylic oxidation sites excluding steroid dienone is 3. The fourth-order valence-corrected chi connectivity index (χ4v) is 11.9. The van der Waals surface area contributed by atoms with Gasteiger partial charge in [-0.05, 0) is 140 Å². The maximum absolute atomic E-state index is 15.2. The molecule has 4 fully saturated rings. The van der Waals surface area contributed by atoms with Crippen LogP contribution in [0.25, 0.3) is 5.57 Å². The van der Waals surface area contributed by atoms with Gasteiger partial charge in [-0.1, -0.05) is 65.3 Å². The summed E-state index contributed by atoms with van der Waals surface area (Å²) < 4.78 is 15.2. The van der Waals surface area contributed by atoms with Crippen LogP contribution in [0.15, 0.2) is 36.9 Å². The number of fused-ring (bicyclic) bond motifs is 7. The Morgan fingerprint density at radius 2 is 1.64 bits per heavy atom. The van der Waals surface area contributed by atoms with Crippen molar-refractivity contribution < 1.29 is 9.50 Å². The van der Waals surface area contributed by atoms with Crippen LogP contribution in [0, 0.1) is 63.5 Å². The quantitative estimate of drug-likeness (QED) is 0.374. The zero-order chi connectivity index (χ0) is 28.4. The minimum atomic E-state index is -0.0577. The smallest absolute Gasteiger partial charge is 0.130 e. The summed E-state index contributed by atoms with van der Waals surface area (Å²) in [7, 11) is 0. The molecule has 0 saturated heterocycles. The molecule has 0 heterocycles. The molecular formula is C37H55FO. The van der Waals surface area contributed by atoms with Crippen molar-refractivity contribution in [1.29, 1.82) is 0 Å². The van der Waals surface area contributed by atoms with Crippen LogP contribution in [0.3, 0.4) is 0 Å².